The molecule has 1 unspecified atom stereocenters. The molecule has 0 spiro atoms. The number of hydrogen-bond acceptors (Lipinski definition) is 4. The quantitative estimate of drug-likeness (QED) is 0.660. The Kier molecular flexibility index (Phi) is 5.03. The number of methoxy groups -OCH3 is 1. The zero-order chi connectivity index (χ0) is 12.8. The van der Waals surface area contributed by atoms with E-state index in [1.165, 1.54) is 7.11 Å². The van der Waals surface area contributed by atoms with Gasteiger partial charge in [-0.25, -0.2) is 4.79 Å². The third kappa shape index (κ3) is 3.49. The van der Waals surface area contributed by atoms with Gasteiger partial charge in [0.25, 0.3) is 0 Å². The van der Waals surface area contributed by atoms with Gasteiger partial charge in [0, 0.05) is 4.90 Å². The smallest absolute Gasteiger partial charge is 0.371 e. The van der Waals surface area contributed by atoms with E-state index in [0.717, 1.165) is 11.8 Å². The molecule has 1 aromatic rings. The Hall–Kier alpha value is -1.49. The van der Waals surface area contributed by atoms with Gasteiger partial charge >= 0.3 is 11.3 Å². The second-order valence-electron chi connectivity index (χ2n) is 3.39. The maximum atomic E-state index is 11.2. The number of carboxylic acids is 1. The number of rotatable bonds is 4. The van der Waals surface area contributed by atoms with Gasteiger partial charge in [-0.2, -0.15) is 0 Å². The molecule has 4 nitrogen and oxygen atoms in total. The number of ether oxygens (including phenoxy) is 1. The van der Waals surface area contributed by atoms with E-state index in [4.69, 9.17) is 5.11 Å². The van der Waals surface area contributed by atoms with Crippen LogP contribution in [0.1, 0.15) is 24.8 Å². The molecule has 0 heterocycles. The molecule has 0 aliphatic heterocycles. The highest BCUT2D eigenvalue weighted by atomic mass is 32.2. The molecule has 0 bridgehead atoms. The lowest BCUT2D eigenvalue weighted by Crippen LogP contribution is -2.11. The first kappa shape index (κ1) is 13.6. The van der Waals surface area contributed by atoms with Crippen molar-refractivity contribution in [3.63, 3.8) is 0 Å². The third-order valence-corrected chi connectivity index (χ3v) is 3.29. The minimum Gasteiger partial charge on any atom is -0.481 e. The number of carbonyl (C=O) groups is 2. The predicted molar refractivity (Wildman–Crippen MR) is 65.4 cm³/mol. The Balaban J connectivity index is 3.06. The number of carbonyl (C=O) groups excluding carboxylic acids is 1. The van der Waals surface area contributed by atoms with Crippen molar-refractivity contribution in [3.05, 3.63) is 29.8 Å². The largest absolute Gasteiger partial charge is 0.481 e. The molecule has 92 valence electrons. The van der Waals surface area contributed by atoms with E-state index >= 15 is 0 Å². The number of aliphatic carboxylic acids is 1. The Morgan fingerprint density at radius 3 is 2.59 bits per heavy atom. The average Bonchev–Trinajstić information content (AvgIpc) is 2.31. The van der Waals surface area contributed by atoms with Gasteiger partial charge in [0.05, 0.1) is 13.0 Å². The van der Waals surface area contributed by atoms with Gasteiger partial charge in [-0.05, 0) is 29.8 Å². The fraction of sp³-hybridized carbons (Fsp3) is 0.333. The van der Waals surface area contributed by atoms with E-state index in [-0.39, 0.29) is 0 Å². The van der Waals surface area contributed by atoms with Gasteiger partial charge < -0.3 is 9.84 Å². The van der Waals surface area contributed by atoms with Crippen LogP contribution in [0.15, 0.2) is 29.2 Å². The molecule has 0 aliphatic rings. The molecule has 0 aromatic heterocycles. The maximum Gasteiger partial charge on any atom is 0.371 e. The van der Waals surface area contributed by atoms with Gasteiger partial charge in [0.15, 0.2) is 0 Å². The molecule has 0 aliphatic carbocycles. The van der Waals surface area contributed by atoms with E-state index < -0.39 is 17.2 Å². The fourth-order valence-electron chi connectivity index (χ4n) is 1.52. The number of carboxylic acid groups (broad SMARTS) is 1. The Labute approximate surface area is 104 Å². The van der Waals surface area contributed by atoms with Crippen molar-refractivity contribution in [2.24, 2.45) is 0 Å². The molecule has 1 aromatic carbocycles. The minimum absolute atomic E-state index is 0.447. The lowest BCUT2D eigenvalue weighted by Gasteiger charge is -2.13. The summed E-state index contributed by atoms with van der Waals surface area (Å²) < 4.78 is 4.56. The van der Waals surface area contributed by atoms with Crippen molar-refractivity contribution >= 4 is 23.0 Å². The summed E-state index contributed by atoms with van der Waals surface area (Å²) in [5.41, 5.74) is 0.651. The summed E-state index contributed by atoms with van der Waals surface area (Å²) >= 11 is 0.907. The van der Waals surface area contributed by atoms with Gasteiger partial charge in [0.2, 0.25) is 0 Å². The van der Waals surface area contributed by atoms with Gasteiger partial charge in [-0.1, -0.05) is 25.1 Å². The molecule has 0 radical (unpaired) electrons. The summed E-state index contributed by atoms with van der Waals surface area (Å²) in [6.45, 7) is 1.80. The van der Waals surface area contributed by atoms with Crippen LogP contribution in [-0.4, -0.2) is 23.5 Å². The van der Waals surface area contributed by atoms with Crippen LogP contribution in [0.25, 0.3) is 0 Å². The Bertz CT molecular complexity index is 417. The monoisotopic (exact) mass is 254 g/mol. The van der Waals surface area contributed by atoms with Crippen LogP contribution in [0.5, 0.6) is 0 Å². The van der Waals surface area contributed by atoms with Gasteiger partial charge in [-0.3, -0.25) is 4.79 Å². The predicted octanol–water partition coefficient (Wildman–Crippen LogP) is 3.12. The molecule has 0 saturated heterocycles. The molecule has 1 N–H and O–H groups in total. The molecule has 1 rings (SSSR count). The fourth-order valence-corrected chi connectivity index (χ4v) is 2.26. The molecule has 0 saturated carbocycles. The first-order valence-corrected chi connectivity index (χ1v) is 5.99. The van der Waals surface area contributed by atoms with E-state index in [1.807, 2.05) is 0 Å². The summed E-state index contributed by atoms with van der Waals surface area (Å²) in [5, 5.41) is 8.67. The van der Waals surface area contributed by atoms with Crippen LogP contribution in [0.3, 0.4) is 0 Å². The van der Waals surface area contributed by atoms with E-state index in [1.54, 1.807) is 31.2 Å². The number of thioether (sulfide) groups is 1. The van der Waals surface area contributed by atoms with Crippen LogP contribution in [0, 0.1) is 0 Å². The highest BCUT2D eigenvalue weighted by Gasteiger charge is 2.21. The van der Waals surface area contributed by atoms with Crippen LogP contribution >= 0.6 is 11.8 Å². The van der Waals surface area contributed by atoms with Crippen molar-refractivity contribution in [1.82, 2.24) is 0 Å². The lowest BCUT2D eigenvalue weighted by atomic mass is 9.97. The van der Waals surface area contributed by atoms with Crippen molar-refractivity contribution in [1.29, 1.82) is 0 Å². The van der Waals surface area contributed by atoms with Gasteiger partial charge in [0.1, 0.15) is 0 Å². The summed E-state index contributed by atoms with van der Waals surface area (Å²) in [6, 6.07) is 6.99. The summed E-state index contributed by atoms with van der Waals surface area (Å²) in [4.78, 5) is 23.0. The normalized spacial score (nSPS) is 11.9. The van der Waals surface area contributed by atoms with Crippen molar-refractivity contribution in [3.8, 4) is 0 Å². The molecule has 5 heteroatoms. The minimum atomic E-state index is -0.884. The van der Waals surface area contributed by atoms with E-state index in [2.05, 4.69) is 4.74 Å². The number of hydrogen-bond donors (Lipinski definition) is 1. The SMILES string of the molecule is CCC(C(=O)O)c1ccccc1SC(=O)OC. The van der Waals surface area contributed by atoms with Crippen molar-refractivity contribution < 1.29 is 19.4 Å². The zero-order valence-corrected chi connectivity index (χ0v) is 10.5. The van der Waals surface area contributed by atoms with Crippen LogP contribution in [-0.2, 0) is 9.53 Å². The first-order valence-electron chi connectivity index (χ1n) is 5.17. The molecule has 17 heavy (non-hydrogen) atoms. The highest BCUT2D eigenvalue weighted by molar-refractivity contribution is 8.13. The van der Waals surface area contributed by atoms with E-state index in [0.29, 0.717) is 16.9 Å². The second-order valence-corrected chi connectivity index (χ2v) is 4.37. The molecule has 0 amide bonds. The van der Waals surface area contributed by atoms with Crippen LogP contribution in [0.2, 0.25) is 0 Å². The third-order valence-electron chi connectivity index (χ3n) is 2.36. The maximum absolute atomic E-state index is 11.2. The zero-order valence-electron chi connectivity index (χ0n) is 9.67. The lowest BCUT2D eigenvalue weighted by molar-refractivity contribution is -0.138. The summed E-state index contributed by atoms with van der Waals surface area (Å²) in [5.74, 6) is -1.48. The first-order chi connectivity index (χ1) is 8.10. The van der Waals surface area contributed by atoms with Gasteiger partial charge in [-0.15, -0.1) is 0 Å². The molecular formula is C12H14O4S. The Morgan fingerprint density at radius 1 is 1.41 bits per heavy atom. The molecule has 1 atom stereocenters. The Morgan fingerprint density at radius 2 is 2.06 bits per heavy atom. The molecular weight excluding hydrogens is 240 g/mol. The van der Waals surface area contributed by atoms with Crippen molar-refractivity contribution in [2.45, 2.75) is 24.2 Å². The van der Waals surface area contributed by atoms with Crippen LogP contribution < -0.4 is 0 Å². The summed E-state index contributed by atoms with van der Waals surface area (Å²) in [7, 11) is 1.30. The number of benzene rings is 1. The topological polar surface area (TPSA) is 63.6 Å². The standard InChI is InChI=1S/C12H14O4S/c1-3-8(11(13)14)9-6-4-5-7-10(9)17-12(15)16-2/h4-8H,3H2,1-2H3,(H,13,14). The molecule has 0 fully saturated rings. The summed E-state index contributed by atoms with van der Waals surface area (Å²) in [6.07, 6.45) is 0.480. The van der Waals surface area contributed by atoms with Crippen LogP contribution in [0.4, 0.5) is 4.79 Å². The second kappa shape index (κ2) is 6.30. The van der Waals surface area contributed by atoms with E-state index in [9.17, 15) is 9.59 Å². The van der Waals surface area contributed by atoms with Crippen molar-refractivity contribution in [2.75, 3.05) is 7.11 Å². The highest BCUT2D eigenvalue weighted by Crippen LogP contribution is 2.31. The average molecular weight is 254 g/mol.